The van der Waals surface area contributed by atoms with Crippen LogP contribution in [0.5, 0.6) is 5.75 Å². The number of hydrogen-bond acceptors (Lipinski definition) is 2. The van der Waals surface area contributed by atoms with Crippen molar-refractivity contribution >= 4 is 5.91 Å². The zero-order chi connectivity index (χ0) is 13.5. The molecule has 0 radical (unpaired) electrons. The molecule has 0 saturated heterocycles. The summed E-state index contributed by atoms with van der Waals surface area (Å²) in [5.74, 6) is 0.747. The van der Waals surface area contributed by atoms with Crippen molar-refractivity contribution < 1.29 is 9.53 Å². The fraction of sp³-hybridized carbons (Fsp3) is 0.400. The van der Waals surface area contributed by atoms with E-state index >= 15 is 0 Å². The molecule has 3 nitrogen and oxygen atoms in total. The van der Waals surface area contributed by atoms with Gasteiger partial charge < -0.3 is 9.64 Å². The standard InChI is InChI=1S/C15H21NO2/c1-5-16(6-2)15(17)13-8-7-9-14(10-13)18-11-12(3)4/h7-10H,3,5-6,11H2,1-2,4H3. The molecule has 0 aromatic heterocycles. The number of carbonyl (C=O) groups is 1. The summed E-state index contributed by atoms with van der Waals surface area (Å²) in [6, 6.07) is 7.28. The third-order valence-electron chi connectivity index (χ3n) is 2.62. The molecule has 0 aliphatic carbocycles. The first kappa shape index (κ1) is 14.3. The van der Waals surface area contributed by atoms with Gasteiger partial charge in [0.25, 0.3) is 5.91 Å². The highest BCUT2D eigenvalue weighted by atomic mass is 16.5. The van der Waals surface area contributed by atoms with E-state index in [0.717, 1.165) is 5.57 Å². The van der Waals surface area contributed by atoms with Gasteiger partial charge in [-0.1, -0.05) is 12.6 Å². The summed E-state index contributed by atoms with van der Waals surface area (Å²) in [5.41, 5.74) is 1.62. The largest absolute Gasteiger partial charge is 0.489 e. The molecule has 3 heteroatoms. The molecular weight excluding hydrogens is 226 g/mol. The van der Waals surface area contributed by atoms with Gasteiger partial charge in [0.05, 0.1) is 0 Å². The van der Waals surface area contributed by atoms with E-state index in [4.69, 9.17) is 4.74 Å². The number of carbonyl (C=O) groups excluding carboxylic acids is 1. The Morgan fingerprint density at radius 3 is 2.56 bits per heavy atom. The Balaban J connectivity index is 2.81. The number of nitrogens with zero attached hydrogens (tertiary/aromatic N) is 1. The molecule has 1 aromatic rings. The van der Waals surface area contributed by atoms with Crippen molar-refractivity contribution in [3.63, 3.8) is 0 Å². The van der Waals surface area contributed by atoms with Crippen LogP contribution in [-0.4, -0.2) is 30.5 Å². The summed E-state index contributed by atoms with van der Waals surface area (Å²) in [6.45, 7) is 11.5. The minimum absolute atomic E-state index is 0.0424. The van der Waals surface area contributed by atoms with Gasteiger partial charge in [0, 0.05) is 18.7 Å². The van der Waals surface area contributed by atoms with Crippen LogP contribution < -0.4 is 4.74 Å². The summed E-state index contributed by atoms with van der Waals surface area (Å²) in [4.78, 5) is 13.9. The topological polar surface area (TPSA) is 29.5 Å². The number of ether oxygens (including phenoxy) is 1. The molecule has 98 valence electrons. The van der Waals surface area contributed by atoms with E-state index < -0.39 is 0 Å². The Labute approximate surface area is 109 Å². The van der Waals surface area contributed by atoms with Crippen molar-refractivity contribution in [2.45, 2.75) is 20.8 Å². The fourth-order valence-corrected chi connectivity index (χ4v) is 1.62. The van der Waals surface area contributed by atoms with Crippen LogP contribution in [0.1, 0.15) is 31.1 Å². The first-order valence-corrected chi connectivity index (χ1v) is 6.25. The Bertz CT molecular complexity index is 422. The van der Waals surface area contributed by atoms with Gasteiger partial charge in [-0.2, -0.15) is 0 Å². The van der Waals surface area contributed by atoms with Gasteiger partial charge in [-0.15, -0.1) is 0 Å². The average molecular weight is 247 g/mol. The van der Waals surface area contributed by atoms with Crippen molar-refractivity contribution in [2.24, 2.45) is 0 Å². The van der Waals surface area contributed by atoms with Crippen molar-refractivity contribution in [3.8, 4) is 5.75 Å². The molecule has 0 spiro atoms. The lowest BCUT2D eigenvalue weighted by Crippen LogP contribution is -2.30. The number of benzene rings is 1. The maximum absolute atomic E-state index is 12.2. The third kappa shape index (κ3) is 3.91. The highest BCUT2D eigenvalue weighted by Gasteiger charge is 2.12. The molecule has 0 fully saturated rings. The lowest BCUT2D eigenvalue weighted by molar-refractivity contribution is 0.0772. The zero-order valence-electron chi connectivity index (χ0n) is 11.4. The quantitative estimate of drug-likeness (QED) is 0.723. The second-order valence-electron chi connectivity index (χ2n) is 4.25. The van der Waals surface area contributed by atoms with E-state index in [2.05, 4.69) is 6.58 Å². The summed E-state index contributed by atoms with van der Waals surface area (Å²) in [6.07, 6.45) is 0. The minimum Gasteiger partial charge on any atom is -0.489 e. The molecule has 1 rings (SSSR count). The smallest absolute Gasteiger partial charge is 0.253 e. The van der Waals surface area contributed by atoms with Crippen LogP contribution in [-0.2, 0) is 0 Å². The summed E-state index contributed by atoms with van der Waals surface area (Å²) in [5, 5.41) is 0. The number of rotatable bonds is 6. The average Bonchev–Trinajstić information content (AvgIpc) is 2.38. The molecule has 0 N–H and O–H groups in total. The molecule has 18 heavy (non-hydrogen) atoms. The molecule has 0 heterocycles. The molecule has 0 atom stereocenters. The lowest BCUT2D eigenvalue weighted by atomic mass is 10.2. The SMILES string of the molecule is C=C(C)COc1cccc(C(=O)N(CC)CC)c1. The second kappa shape index (κ2) is 6.84. The highest BCUT2D eigenvalue weighted by Crippen LogP contribution is 2.15. The fourth-order valence-electron chi connectivity index (χ4n) is 1.62. The van der Waals surface area contributed by atoms with E-state index in [-0.39, 0.29) is 5.91 Å². The summed E-state index contributed by atoms with van der Waals surface area (Å²) in [7, 11) is 0. The van der Waals surface area contributed by atoms with Gasteiger partial charge in [0.2, 0.25) is 0 Å². The van der Waals surface area contributed by atoms with Gasteiger partial charge in [0.15, 0.2) is 0 Å². The van der Waals surface area contributed by atoms with Crippen LogP contribution in [0.25, 0.3) is 0 Å². The highest BCUT2D eigenvalue weighted by molar-refractivity contribution is 5.94. The summed E-state index contributed by atoms with van der Waals surface area (Å²) < 4.78 is 5.53. The molecule has 0 bridgehead atoms. The molecular formula is C15H21NO2. The molecule has 0 saturated carbocycles. The Morgan fingerprint density at radius 1 is 1.33 bits per heavy atom. The van der Waals surface area contributed by atoms with E-state index in [1.165, 1.54) is 0 Å². The van der Waals surface area contributed by atoms with Crippen molar-refractivity contribution in [3.05, 3.63) is 42.0 Å². The number of hydrogen-bond donors (Lipinski definition) is 0. The van der Waals surface area contributed by atoms with Crippen LogP contribution >= 0.6 is 0 Å². The molecule has 1 amide bonds. The van der Waals surface area contributed by atoms with Crippen LogP contribution in [0, 0.1) is 0 Å². The van der Waals surface area contributed by atoms with E-state index in [1.54, 1.807) is 11.0 Å². The van der Waals surface area contributed by atoms with Crippen LogP contribution in [0.4, 0.5) is 0 Å². The van der Waals surface area contributed by atoms with E-state index in [1.807, 2.05) is 39.0 Å². The molecule has 0 aliphatic heterocycles. The second-order valence-corrected chi connectivity index (χ2v) is 4.25. The van der Waals surface area contributed by atoms with Gasteiger partial charge in [-0.3, -0.25) is 4.79 Å². The molecule has 0 unspecified atom stereocenters. The molecule has 1 aromatic carbocycles. The van der Waals surface area contributed by atoms with Gasteiger partial charge in [-0.05, 0) is 44.5 Å². The maximum atomic E-state index is 12.2. The third-order valence-corrected chi connectivity index (χ3v) is 2.62. The van der Waals surface area contributed by atoms with Gasteiger partial charge in [0.1, 0.15) is 12.4 Å². The van der Waals surface area contributed by atoms with Gasteiger partial charge >= 0.3 is 0 Å². The molecule has 0 aliphatic rings. The number of amides is 1. The first-order valence-electron chi connectivity index (χ1n) is 6.25. The monoisotopic (exact) mass is 247 g/mol. The summed E-state index contributed by atoms with van der Waals surface area (Å²) >= 11 is 0. The predicted molar refractivity (Wildman–Crippen MR) is 74.0 cm³/mol. The van der Waals surface area contributed by atoms with Crippen LogP contribution in [0.2, 0.25) is 0 Å². The normalized spacial score (nSPS) is 9.94. The zero-order valence-corrected chi connectivity index (χ0v) is 11.4. The van der Waals surface area contributed by atoms with E-state index in [0.29, 0.717) is 31.0 Å². The van der Waals surface area contributed by atoms with Crippen LogP contribution in [0.15, 0.2) is 36.4 Å². The van der Waals surface area contributed by atoms with Crippen LogP contribution in [0.3, 0.4) is 0 Å². The Kier molecular flexibility index (Phi) is 5.43. The lowest BCUT2D eigenvalue weighted by Gasteiger charge is -2.18. The van der Waals surface area contributed by atoms with E-state index in [9.17, 15) is 4.79 Å². The van der Waals surface area contributed by atoms with Crippen molar-refractivity contribution in [1.29, 1.82) is 0 Å². The maximum Gasteiger partial charge on any atom is 0.253 e. The predicted octanol–water partition coefficient (Wildman–Crippen LogP) is 3.12. The van der Waals surface area contributed by atoms with Gasteiger partial charge in [-0.25, -0.2) is 0 Å². The minimum atomic E-state index is 0.0424. The first-order chi connectivity index (χ1) is 8.58. The Morgan fingerprint density at radius 2 is 2.00 bits per heavy atom. The van der Waals surface area contributed by atoms with Crippen molar-refractivity contribution in [2.75, 3.05) is 19.7 Å². The Hall–Kier alpha value is -1.77. The van der Waals surface area contributed by atoms with Crippen molar-refractivity contribution in [1.82, 2.24) is 4.90 Å².